The van der Waals surface area contributed by atoms with Crippen LogP contribution >= 0.6 is 0 Å². The lowest BCUT2D eigenvalue weighted by Crippen LogP contribution is -2.34. The number of imidazole rings is 1. The monoisotopic (exact) mass is 338 g/mol. The molecule has 0 aliphatic carbocycles. The summed E-state index contributed by atoms with van der Waals surface area (Å²) in [6.45, 7) is 4.36. The van der Waals surface area contributed by atoms with Gasteiger partial charge in [0.15, 0.2) is 0 Å². The van der Waals surface area contributed by atoms with Crippen LogP contribution in [0.15, 0.2) is 61.2 Å². The number of nitrogens with zero attached hydrogens (tertiary/aromatic N) is 4. The van der Waals surface area contributed by atoms with Gasteiger partial charge in [-0.2, -0.15) is 0 Å². The fourth-order valence-electron chi connectivity index (χ4n) is 2.74. The summed E-state index contributed by atoms with van der Waals surface area (Å²) in [5, 5.41) is 0. The first kappa shape index (κ1) is 16.8. The molecule has 2 aromatic heterocycles. The number of halogens is 1. The Kier molecular flexibility index (Phi) is 4.88. The van der Waals surface area contributed by atoms with Crippen LogP contribution in [-0.4, -0.2) is 31.9 Å². The Morgan fingerprint density at radius 3 is 2.64 bits per heavy atom. The zero-order valence-corrected chi connectivity index (χ0v) is 14.1. The van der Waals surface area contributed by atoms with Crippen LogP contribution in [0.3, 0.4) is 0 Å². The Morgan fingerprint density at radius 1 is 1.24 bits per heavy atom. The van der Waals surface area contributed by atoms with Crippen molar-refractivity contribution in [2.75, 3.05) is 6.54 Å². The minimum atomic E-state index is -0.292. The molecule has 1 aromatic carbocycles. The standard InChI is InChI=1S/C19H19FN4O/c1-3-24(14(2)15-7-9-16(20)10-8-15)19(25)17-5-4-6-18(22-17)23-12-11-21-13-23/h4-14H,3H2,1-2H3/t14-/m1/s1. The van der Waals surface area contributed by atoms with Crippen molar-refractivity contribution in [1.29, 1.82) is 0 Å². The van der Waals surface area contributed by atoms with Crippen LogP contribution in [0.25, 0.3) is 5.82 Å². The first-order valence-corrected chi connectivity index (χ1v) is 8.12. The summed E-state index contributed by atoms with van der Waals surface area (Å²) in [7, 11) is 0. The SMILES string of the molecule is CCN(C(=O)c1cccc(-n2ccnc2)n1)[C@H](C)c1ccc(F)cc1. The highest BCUT2D eigenvalue weighted by Gasteiger charge is 2.22. The molecule has 0 bridgehead atoms. The average Bonchev–Trinajstić information content (AvgIpc) is 3.17. The molecule has 0 fully saturated rings. The number of pyridine rings is 1. The van der Waals surface area contributed by atoms with Gasteiger partial charge in [0, 0.05) is 18.9 Å². The number of amides is 1. The normalized spacial score (nSPS) is 12.0. The van der Waals surface area contributed by atoms with Crippen LogP contribution in [-0.2, 0) is 0 Å². The summed E-state index contributed by atoms with van der Waals surface area (Å²) >= 11 is 0. The number of carbonyl (C=O) groups is 1. The summed E-state index contributed by atoms with van der Waals surface area (Å²) in [5.41, 5.74) is 1.24. The average molecular weight is 338 g/mol. The molecule has 3 aromatic rings. The number of carbonyl (C=O) groups excluding carboxylic acids is 1. The second-order valence-electron chi connectivity index (χ2n) is 5.67. The molecule has 5 nitrogen and oxygen atoms in total. The maximum absolute atomic E-state index is 13.1. The highest BCUT2D eigenvalue weighted by atomic mass is 19.1. The minimum Gasteiger partial charge on any atom is -0.331 e. The van der Waals surface area contributed by atoms with Crippen LogP contribution < -0.4 is 0 Å². The largest absolute Gasteiger partial charge is 0.331 e. The van der Waals surface area contributed by atoms with Gasteiger partial charge in [-0.05, 0) is 43.7 Å². The maximum atomic E-state index is 13.1. The highest BCUT2D eigenvalue weighted by Crippen LogP contribution is 2.22. The predicted molar refractivity (Wildman–Crippen MR) is 92.9 cm³/mol. The van der Waals surface area contributed by atoms with Crippen LogP contribution in [0, 0.1) is 5.82 Å². The van der Waals surface area contributed by atoms with E-state index in [0.717, 1.165) is 5.56 Å². The summed E-state index contributed by atoms with van der Waals surface area (Å²) in [6.07, 6.45) is 5.07. The molecule has 0 saturated heterocycles. The maximum Gasteiger partial charge on any atom is 0.273 e. The lowest BCUT2D eigenvalue weighted by atomic mass is 10.1. The second-order valence-corrected chi connectivity index (χ2v) is 5.67. The Morgan fingerprint density at radius 2 is 2.00 bits per heavy atom. The quantitative estimate of drug-likeness (QED) is 0.714. The second kappa shape index (κ2) is 7.25. The fraction of sp³-hybridized carbons (Fsp3) is 0.211. The molecule has 0 aliphatic rings. The summed E-state index contributed by atoms with van der Waals surface area (Å²) in [4.78, 5) is 23.1. The molecule has 0 saturated carbocycles. The number of hydrogen-bond acceptors (Lipinski definition) is 3. The van der Waals surface area contributed by atoms with Gasteiger partial charge in [-0.25, -0.2) is 14.4 Å². The van der Waals surface area contributed by atoms with Crippen molar-refractivity contribution in [2.24, 2.45) is 0 Å². The zero-order chi connectivity index (χ0) is 17.8. The van der Waals surface area contributed by atoms with Crippen molar-refractivity contribution in [3.05, 3.63) is 78.3 Å². The minimum absolute atomic E-state index is 0.165. The predicted octanol–water partition coefficient (Wildman–Crippen LogP) is 3.63. The first-order valence-electron chi connectivity index (χ1n) is 8.12. The molecule has 128 valence electrons. The molecular formula is C19H19FN4O. The number of benzene rings is 1. The van der Waals surface area contributed by atoms with Gasteiger partial charge in [0.1, 0.15) is 23.7 Å². The Hall–Kier alpha value is -3.02. The van der Waals surface area contributed by atoms with E-state index in [4.69, 9.17) is 0 Å². The summed E-state index contributed by atoms with van der Waals surface area (Å²) < 4.78 is 14.9. The molecule has 0 radical (unpaired) electrons. The van der Waals surface area contributed by atoms with Crippen molar-refractivity contribution in [3.63, 3.8) is 0 Å². The van der Waals surface area contributed by atoms with Gasteiger partial charge in [-0.3, -0.25) is 9.36 Å². The van der Waals surface area contributed by atoms with Gasteiger partial charge < -0.3 is 4.90 Å². The van der Waals surface area contributed by atoms with Crippen molar-refractivity contribution in [2.45, 2.75) is 19.9 Å². The number of hydrogen-bond donors (Lipinski definition) is 0. The third-order valence-corrected chi connectivity index (χ3v) is 4.14. The molecular weight excluding hydrogens is 319 g/mol. The van der Waals surface area contributed by atoms with Gasteiger partial charge in [-0.1, -0.05) is 18.2 Å². The van der Waals surface area contributed by atoms with E-state index in [-0.39, 0.29) is 17.8 Å². The van der Waals surface area contributed by atoms with E-state index >= 15 is 0 Å². The van der Waals surface area contributed by atoms with E-state index in [0.29, 0.717) is 18.1 Å². The van der Waals surface area contributed by atoms with Gasteiger partial charge >= 0.3 is 0 Å². The van der Waals surface area contributed by atoms with Crippen LogP contribution in [0.2, 0.25) is 0 Å². The third kappa shape index (κ3) is 3.57. The molecule has 2 heterocycles. The zero-order valence-electron chi connectivity index (χ0n) is 14.1. The van der Waals surface area contributed by atoms with E-state index in [1.165, 1.54) is 12.1 Å². The number of aromatic nitrogens is 3. The molecule has 25 heavy (non-hydrogen) atoms. The lowest BCUT2D eigenvalue weighted by Gasteiger charge is -2.28. The molecule has 0 aliphatic heterocycles. The fourth-order valence-corrected chi connectivity index (χ4v) is 2.74. The Bertz CT molecular complexity index is 846. The number of rotatable bonds is 5. The Balaban J connectivity index is 1.87. The molecule has 1 amide bonds. The highest BCUT2D eigenvalue weighted by molar-refractivity contribution is 5.92. The van der Waals surface area contributed by atoms with E-state index in [1.807, 2.05) is 19.9 Å². The lowest BCUT2D eigenvalue weighted by molar-refractivity contribution is 0.0696. The van der Waals surface area contributed by atoms with Crippen LogP contribution in [0.5, 0.6) is 0 Å². The smallest absolute Gasteiger partial charge is 0.273 e. The molecule has 0 unspecified atom stereocenters. The van der Waals surface area contributed by atoms with Gasteiger partial charge in [-0.15, -0.1) is 0 Å². The molecule has 3 rings (SSSR count). The van der Waals surface area contributed by atoms with Gasteiger partial charge in [0.05, 0.1) is 6.04 Å². The van der Waals surface area contributed by atoms with E-state index < -0.39 is 0 Å². The van der Waals surface area contributed by atoms with Gasteiger partial charge in [0.2, 0.25) is 0 Å². The Labute approximate surface area is 145 Å². The topological polar surface area (TPSA) is 51.0 Å². The van der Waals surface area contributed by atoms with Crippen molar-refractivity contribution in [3.8, 4) is 5.82 Å². The van der Waals surface area contributed by atoms with Crippen molar-refractivity contribution < 1.29 is 9.18 Å². The summed E-state index contributed by atoms with van der Waals surface area (Å²) in [6, 6.07) is 11.3. The molecule has 1 atom stereocenters. The summed E-state index contributed by atoms with van der Waals surface area (Å²) in [5.74, 6) is 0.176. The van der Waals surface area contributed by atoms with E-state index in [2.05, 4.69) is 9.97 Å². The first-order chi connectivity index (χ1) is 12.1. The van der Waals surface area contributed by atoms with Crippen LogP contribution in [0.1, 0.15) is 35.9 Å². The third-order valence-electron chi connectivity index (χ3n) is 4.14. The van der Waals surface area contributed by atoms with Gasteiger partial charge in [0.25, 0.3) is 5.91 Å². The molecule has 6 heteroatoms. The molecule has 0 spiro atoms. The van der Waals surface area contributed by atoms with E-state index in [1.54, 1.807) is 52.5 Å². The van der Waals surface area contributed by atoms with E-state index in [9.17, 15) is 9.18 Å². The van der Waals surface area contributed by atoms with Crippen LogP contribution in [0.4, 0.5) is 4.39 Å². The van der Waals surface area contributed by atoms with Crippen molar-refractivity contribution >= 4 is 5.91 Å². The molecule has 0 N–H and O–H groups in total. The van der Waals surface area contributed by atoms with Crippen molar-refractivity contribution in [1.82, 2.24) is 19.4 Å².